The van der Waals surface area contributed by atoms with Crippen LogP contribution in [-0.2, 0) is 12.8 Å². The zero-order valence-electron chi connectivity index (χ0n) is 20.2. The largest absolute Gasteiger partial charge is 0.496 e. The van der Waals surface area contributed by atoms with Crippen LogP contribution in [0.3, 0.4) is 0 Å². The van der Waals surface area contributed by atoms with Gasteiger partial charge in [-0.15, -0.1) is 24.0 Å². The van der Waals surface area contributed by atoms with Crippen molar-refractivity contribution in [2.45, 2.75) is 12.8 Å². The van der Waals surface area contributed by atoms with Gasteiger partial charge in [0.2, 0.25) is 0 Å². The van der Waals surface area contributed by atoms with Crippen molar-refractivity contribution in [3.63, 3.8) is 0 Å². The van der Waals surface area contributed by atoms with E-state index < -0.39 is 0 Å². The first-order valence-electron chi connectivity index (χ1n) is 10.5. The normalized spacial score (nSPS) is 10.7. The Morgan fingerprint density at radius 3 is 2.06 bits per heavy atom. The predicted molar refractivity (Wildman–Crippen MR) is 143 cm³/mol. The Hall–Kier alpha value is -2.69. The number of hydrogen-bond acceptors (Lipinski definition) is 5. The molecule has 0 atom stereocenters. The molecule has 0 aromatic heterocycles. The highest BCUT2D eigenvalue weighted by atomic mass is 127. The van der Waals surface area contributed by atoms with Crippen LogP contribution in [-0.4, -0.2) is 72.3 Å². The summed E-state index contributed by atoms with van der Waals surface area (Å²) in [6, 6.07) is 11.4. The summed E-state index contributed by atoms with van der Waals surface area (Å²) in [5.74, 6) is 2.83. The zero-order valence-corrected chi connectivity index (χ0v) is 22.6. The van der Waals surface area contributed by atoms with Gasteiger partial charge in [-0.05, 0) is 30.5 Å². The Morgan fingerprint density at radius 2 is 1.55 bits per heavy atom. The fourth-order valence-corrected chi connectivity index (χ4v) is 3.29. The van der Waals surface area contributed by atoms with Crippen molar-refractivity contribution in [3.8, 4) is 17.2 Å². The molecule has 33 heavy (non-hydrogen) atoms. The minimum Gasteiger partial charge on any atom is -0.496 e. The van der Waals surface area contributed by atoms with Gasteiger partial charge >= 0.3 is 0 Å². The van der Waals surface area contributed by atoms with E-state index in [1.54, 1.807) is 47.4 Å². The number of rotatable bonds is 10. The van der Waals surface area contributed by atoms with Gasteiger partial charge in [0.15, 0.2) is 5.96 Å². The van der Waals surface area contributed by atoms with E-state index >= 15 is 0 Å². The van der Waals surface area contributed by atoms with E-state index in [2.05, 4.69) is 15.6 Å². The molecule has 0 aliphatic carbocycles. The average molecular weight is 570 g/mol. The summed E-state index contributed by atoms with van der Waals surface area (Å²) < 4.78 is 16.3. The summed E-state index contributed by atoms with van der Waals surface area (Å²) in [4.78, 5) is 18.0. The van der Waals surface area contributed by atoms with Gasteiger partial charge in [0, 0.05) is 57.5 Å². The summed E-state index contributed by atoms with van der Waals surface area (Å²) in [6.07, 6.45) is 1.46. The molecule has 182 valence electrons. The first kappa shape index (κ1) is 28.3. The molecule has 1 amide bonds. The second-order valence-corrected chi connectivity index (χ2v) is 7.34. The molecule has 0 unspecified atom stereocenters. The molecule has 0 saturated heterocycles. The lowest BCUT2D eigenvalue weighted by molar-refractivity contribution is 0.0827. The molecule has 0 aliphatic heterocycles. The number of carbonyl (C=O) groups is 1. The molecule has 8 nitrogen and oxygen atoms in total. The maximum atomic E-state index is 12.1. The number of amides is 1. The highest BCUT2D eigenvalue weighted by Crippen LogP contribution is 2.34. The summed E-state index contributed by atoms with van der Waals surface area (Å²) in [7, 11) is 10.1. The van der Waals surface area contributed by atoms with Crippen LogP contribution in [0.5, 0.6) is 17.2 Å². The summed E-state index contributed by atoms with van der Waals surface area (Å²) in [6.45, 7) is 1.33. The van der Waals surface area contributed by atoms with Gasteiger partial charge in [-0.3, -0.25) is 9.79 Å². The van der Waals surface area contributed by atoms with Gasteiger partial charge in [0.05, 0.1) is 21.3 Å². The monoisotopic (exact) mass is 570 g/mol. The number of benzene rings is 2. The van der Waals surface area contributed by atoms with Crippen LogP contribution < -0.4 is 24.8 Å². The fraction of sp³-hybridized carbons (Fsp3) is 0.417. The third-order valence-corrected chi connectivity index (χ3v) is 4.99. The summed E-state index contributed by atoms with van der Waals surface area (Å²) in [5.41, 5.74) is 2.74. The molecule has 0 saturated carbocycles. The zero-order chi connectivity index (χ0) is 23.5. The minimum absolute atomic E-state index is 0. The molecular formula is C24H35IN4O4. The maximum absolute atomic E-state index is 12.1. The Bertz CT molecular complexity index is 909. The molecule has 0 aliphatic rings. The Kier molecular flexibility index (Phi) is 12.4. The number of guanidine groups is 1. The lowest BCUT2D eigenvalue weighted by Gasteiger charge is -2.16. The number of aliphatic imine (C=N–C) groups is 1. The number of nitrogens with zero attached hydrogens (tertiary/aromatic N) is 2. The van der Waals surface area contributed by atoms with E-state index in [1.807, 2.05) is 36.4 Å². The van der Waals surface area contributed by atoms with Gasteiger partial charge in [0.1, 0.15) is 17.2 Å². The van der Waals surface area contributed by atoms with Crippen molar-refractivity contribution < 1.29 is 19.0 Å². The van der Waals surface area contributed by atoms with Crippen LogP contribution >= 0.6 is 24.0 Å². The van der Waals surface area contributed by atoms with Crippen LogP contribution in [0.1, 0.15) is 21.5 Å². The molecule has 2 aromatic carbocycles. The van der Waals surface area contributed by atoms with Crippen LogP contribution in [0.4, 0.5) is 0 Å². The standard InChI is InChI=1S/C24H34N4O4.HI/c1-25-24(26-12-10-17-8-7-9-18(14-17)23(29)28(2)3)27-13-11-20-21(31-5)15-19(30-4)16-22(20)32-6;/h7-9,14-16H,10-13H2,1-6H3,(H2,25,26,27);1H. The van der Waals surface area contributed by atoms with Crippen LogP contribution in [0.25, 0.3) is 0 Å². The highest BCUT2D eigenvalue weighted by Gasteiger charge is 2.13. The summed E-state index contributed by atoms with van der Waals surface area (Å²) >= 11 is 0. The lowest BCUT2D eigenvalue weighted by atomic mass is 10.1. The minimum atomic E-state index is 0. The maximum Gasteiger partial charge on any atom is 0.253 e. The second-order valence-electron chi connectivity index (χ2n) is 7.34. The number of methoxy groups -OCH3 is 3. The average Bonchev–Trinajstić information content (AvgIpc) is 2.82. The molecular weight excluding hydrogens is 535 g/mol. The SMILES string of the molecule is CN=C(NCCc1cccc(C(=O)N(C)C)c1)NCCc1c(OC)cc(OC)cc1OC.I. The molecule has 0 heterocycles. The highest BCUT2D eigenvalue weighted by molar-refractivity contribution is 14.0. The number of halogens is 1. The van der Waals surface area contributed by atoms with Crippen molar-refractivity contribution in [2.24, 2.45) is 4.99 Å². The molecule has 0 spiro atoms. The first-order chi connectivity index (χ1) is 15.4. The molecule has 2 N–H and O–H groups in total. The fourth-order valence-electron chi connectivity index (χ4n) is 3.29. The number of nitrogens with one attached hydrogen (secondary N) is 2. The Morgan fingerprint density at radius 1 is 0.939 bits per heavy atom. The first-order valence-corrected chi connectivity index (χ1v) is 10.5. The van der Waals surface area contributed by atoms with Crippen molar-refractivity contribution in [3.05, 3.63) is 53.1 Å². The van der Waals surface area contributed by atoms with E-state index in [1.165, 1.54) is 0 Å². The van der Waals surface area contributed by atoms with E-state index in [0.717, 1.165) is 29.0 Å². The van der Waals surface area contributed by atoms with Crippen molar-refractivity contribution >= 4 is 35.8 Å². The topological polar surface area (TPSA) is 84.4 Å². The van der Waals surface area contributed by atoms with E-state index in [4.69, 9.17) is 14.2 Å². The molecule has 0 radical (unpaired) electrons. The van der Waals surface area contributed by atoms with Crippen molar-refractivity contribution in [2.75, 3.05) is 55.6 Å². The van der Waals surface area contributed by atoms with Crippen LogP contribution in [0, 0.1) is 0 Å². The summed E-state index contributed by atoms with van der Waals surface area (Å²) in [5, 5.41) is 6.63. The molecule has 0 bridgehead atoms. The number of carbonyl (C=O) groups excluding carboxylic acids is 1. The second kappa shape index (κ2) is 14.5. The van der Waals surface area contributed by atoms with Gasteiger partial charge in [-0.25, -0.2) is 0 Å². The molecule has 2 rings (SSSR count). The van der Waals surface area contributed by atoms with E-state index in [-0.39, 0.29) is 29.9 Å². The van der Waals surface area contributed by atoms with Gasteiger partial charge < -0.3 is 29.7 Å². The van der Waals surface area contributed by atoms with Crippen molar-refractivity contribution in [1.29, 1.82) is 0 Å². The molecule has 0 fully saturated rings. The van der Waals surface area contributed by atoms with Crippen LogP contribution in [0.2, 0.25) is 0 Å². The van der Waals surface area contributed by atoms with E-state index in [0.29, 0.717) is 36.8 Å². The number of ether oxygens (including phenoxy) is 3. The Labute approximate surface area is 213 Å². The van der Waals surface area contributed by atoms with E-state index in [9.17, 15) is 4.79 Å². The van der Waals surface area contributed by atoms with Crippen molar-refractivity contribution in [1.82, 2.24) is 15.5 Å². The van der Waals surface area contributed by atoms with Gasteiger partial charge in [0.25, 0.3) is 5.91 Å². The van der Waals surface area contributed by atoms with Gasteiger partial charge in [-0.1, -0.05) is 12.1 Å². The quantitative estimate of drug-likeness (QED) is 0.260. The third kappa shape index (κ3) is 8.30. The molecule has 2 aromatic rings. The number of hydrogen-bond donors (Lipinski definition) is 2. The third-order valence-electron chi connectivity index (χ3n) is 4.99. The lowest BCUT2D eigenvalue weighted by Crippen LogP contribution is -2.39. The predicted octanol–water partition coefficient (Wildman–Crippen LogP) is 2.98. The molecule has 9 heteroatoms. The van der Waals surface area contributed by atoms with Gasteiger partial charge in [-0.2, -0.15) is 0 Å². The Balaban J connectivity index is 0.00000544. The smallest absolute Gasteiger partial charge is 0.253 e. The van der Waals surface area contributed by atoms with Crippen LogP contribution in [0.15, 0.2) is 41.4 Å².